The van der Waals surface area contributed by atoms with Crippen molar-refractivity contribution in [3.63, 3.8) is 0 Å². The van der Waals surface area contributed by atoms with Crippen molar-refractivity contribution < 1.29 is 18.7 Å². The maximum Gasteiger partial charge on any atom is 0.229 e. The Labute approximate surface area is 184 Å². The summed E-state index contributed by atoms with van der Waals surface area (Å²) in [5, 5.41) is 5.98. The number of rotatable bonds is 13. The lowest BCUT2D eigenvalue weighted by Crippen LogP contribution is -2.40. The molecule has 1 heterocycles. The van der Waals surface area contributed by atoms with Gasteiger partial charge in [-0.2, -0.15) is 0 Å². The van der Waals surface area contributed by atoms with Crippen molar-refractivity contribution in [2.45, 2.75) is 70.8 Å². The van der Waals surface area contributed by atoms with Crippen LogP contribution >= 0.6 is 0 Å². The molecule has 2 aliphatic rings. The molecule has 31 heavy (non-hydrogen) atoms. The molecule has 6 heteroatoms. The van der Waals surface area contributed by atoms with Crippen LogP contribution in [0, 0.1) is 17.7 Å². The summed E-state index contributed by atoms with van der Waals surface area (Å²) in [6.07, 6.45) is 12.4. The number of amides is 2. The van der Waals surface area contributed by atoms with E-state index in [9.17, 15) is 14.0 Å². The molecule has 2 N–H and O–H groups in total. The first-order valence-corrected chi connectivity index (χ1v) is 11.7. The molecule has 2 amide bonds. The number of piperidine rings is 1. The van der Waals surface area contributed by atoms with E-state index < -0.39 is 0 Å². The number of hydrogen-bond acceptors (Lipinski definition) is 4. The smallest absolute Gasteiger partial charge is 0.229 e. The summed E-state index contributed by atoms with van der Waals surface area (Å²) < 4.78 is 19.7. The second-order valence-electron chi connectivity index (χ2n) is 8.71. The van der Waals surface area contributed by atoms with E-state index in [1.807, 2.05) is 12.1 Å². The fourth-order valence-corrected chi connectivity index (χ4v) is 3.84. The van der Waals surface area contributed by atoms with Crippen LogP contribution in [0.15, 0.2) is 30.4 Å². The minimum atomic E-state index is -0.289. The Kier molecular flexibility index (Phi) is 9.07. The summed E-state index contributed by atoms with van der Waals surface area (Å²) in [7, 11) is 0. The van der Waals surface area contributed by atoms with Crippen LogP contribution in [0.3, 0.4) is 0 Å². The molecular formula is C25H35FN2O3. The highest BCUT2D eigenvalue weighted by Crippen LogP contribution is 2.31. The summed E-state index contributed by atoms with van der Waals surface area (Å²) in [5.41, 5.74) is 1.07. The second-order valence-corrected chi connectivity index (χ2v) is 8.71. The lowest BCUT2D eigenvalue weighted by atomic mass is 9.94. The van der Waals surface area contributed by atoms with Crippen LogP contribution in [-0.4, -0.2) is 25.0 Å². The molecule has 0 bridgehead atoms. The topological polar surface area (TPSA) is 67.4 Å². The maximum atomic E-state index is 14.0. The molecule has 0 spiro atoms. The van der Waals surface area contributed by atoms with E-state index in [4.69, 9.17) is 4.74 Å². The molecule has 1 aromatic carbocycles. The fraction of sp³-hybridized carbons (Fsp3) is 0.600. The van der Waals surface area contributed by atoms with Crippen LogP contribution < -0.4 is 15.4 Å². The number of hydrogen-bond donors (Lipinski definition) is 2. The Balaban J connectivity index is 1.33. The molecule has 1 aliphatic heterocycles. The zero-order chi connectivity index (χ0) is 22.1. The maximum absolute atomic E-state index is 14.0. The monoisotopic (exact) mass is 430 g/mol. The lowest BCUT2D eigenvalue weighted by molar-refractivity contribution is -0.136. The molecule has 0 aromatic heterocycles. The Morgan fingerprint density at radius 1 is 1.23 bits per heavy atom. The van der Waals surface area contributed by atoms with Gasteiger partial charge in [-0.25, -0.2) is 4.39 Å². The number of imide groups is 1. The molecule has 2 fully saturated rings. The summed E-state index contributed by atoms with van der Waals surface area (Å²) in [6, 6.07) is 5.39. The number of unbranched alkanes of at least 4 members (excludes halogenated alkanes) is 2. The molecule has 0 radical (unpaired) electrons. The van der Waals surface area contributed by atoms with Crippen molar-refractivity contribution in [2.24, 2.45) is 11.8 Å². The molecule has 1 aliphatic carbocycles. The number of nitrogens with one attached hydrogen (secondary N) is 2. The predicted octanol–water partition coefficient (Wildman–Crippen LogP) is 4.82. The number of ether oxygens (including phenoxy) is 1. The van der Waals surface area contributed by atoms with Gasteiger partial charge in [0.25, 0.3) is 0 Å². The van der Waals surface area contributed by atoms with Gasteiger partial charge >= 0.3 is 0 Å². The molecule has 1 unspecified atom stereocenters. The van der Waals surface area contributed by atoms with Crippen LogP contribution in [0.5, 0.6) is 5.75 Å². The number of carbonyl (C=O) groups excluding carboxylic acids is 2. The first-order chi connectivity index (χ1) is 15.1. The zero-order valence-corrected chi connectivity index (χ0v) is 18.5. The van der Waals surface area contributed by atoms with E-state index in [0.29, 0.717) is 37.5 Å². The van der Waals surface area contributed by atoms with Crippen LogP contribution in [0.4, 0.5) is 4.39 Å². The van der Waals surface area contributed by atoms with Crippen LogP contribution in [0.2, 0.25) is 0 Å². The number of benzene rings is 1. The van der Waals surface area contributed by atoms with E-state index in [0.717, 1.165) is 37.8 Å². The van der Waals surface area contributed by atoms with Crippen LogP contribution in [0.1, 0.15) is 76.3 Å². The minimum Gasteiger partial charge on any atom is -0.490 e. The van der Waals surface area contributed by atoms with Crippen molar-refractivity contribution in [1.29, 1.82) is 0 Å². The van der Waals surface area contributed by atoms with Gasteiger partial charge < -0.3 is 10.1 Å². The van der Waals surface area contributed by atoms with Crippen molar-refractivity contribution in [3.8, 4) is 5.75 Å². The van der Waals surface area contributed by atoms with E-state index in [1.54, 1.807) is 0 Å². The highest BCUT2D eigenvalue weighted by molar-refractivity contribution is 5.98. The summed E-state index contributed by atoms with van der Waals surface area (Å²) >= 11 is 0. The Morgan fingerprint density at radius 2 is 2.06 bits per heavy atom. The van der Waals surface area contributed by atoms with Gasteiger partial charge in [-0.1, -0.05) is 25.1 Å². The summed E-state index contributed by atoms with van der Waals surface area (Å²) in [6.45, 7) is 3.64. The molecule has 1 saturated heterocycles. The highest BCUT2D eigenvalue weighted by Gasteiger charge is 2.25. The Bertz CT molecular complexity index is 776. The highest BCUT2D eigenvalue weighted by atomic mass is 19.1. The summed E-state index contributed by atoms with van der Waals surface area (Å²) in [5.74, 6) is 0.300. The predicted molar refractivity (Wildman–Crippen MR) is 119 cm³/mol. The first kappa shape index (κ1) is 23.5. The van der Waals surface area contributed by atoms with Gasteiger partial charge in [0, 0.05) is 18.4 Å². The first-order valence-electron chi connectivity index (χ1n) is 11.7. The Morgan fingerprint density at radius 3 is 2.81 bits per heavy atom. The van der Waals surface area contributed by atoms with Gasteiger partial charge in [-0.05, 0) is 81.5 Å². The van der Waals surface area contributed by atoms with Gasteiger partial charge in [0.15, 0.2) is 11.6 Å². The third-order valence-corrected chi connectivity index (χ3v) is 6.07. The summed E-state index contributed by atoms with van der Waals surface area (Å²) in [4.78, 5) is 22.9. The van der Waals surface area contributed by atoms with Gasteiger partial charge in [-0.15, -0.1) is 0 Å². The van der Waals surface area contributed by atoms with E-state index >= 15 is 0 Å². The average Bonchev–Trinajstić information content (AvgIpc) is 3.58. The number of carbonyl (C=O) groups is 2. The van der Waals surface area contributed by atoms with Crippen LogP contribution in [-0.2, 0) is 9.59 Å². The van der Waals surface area contributed by atoms with Gasteiger partial charge in [-0.3, -0.25) is 14.9 Å². The molecule has 1 saturated carbocycles. The largest absolute Gasteiger partial charge is 0.490 e. The van der Waals surface area contributed by atoms with Gasteiger partial charge in [0.1, 0.15) is 0 Å². The zero-order valence-electron chi connectivity index (χ0n) is 18.5. The van der Waals surface area contributed by atoms with Crippen molar-refractivity contribution in [1.82, 2.24) is 10.6 Å². The normalized spacial score (nSPS) is 20.1. The quantitative estimate of drug-likeness (QED) is 0.267. The second kappa shape index (κ2) is 12.0. The molecular weight excluding hydrogens is 395 g/mol. The Hall–Kier alpha value is -2.21. The van der Waals surface area contributed by atoms with E-state index in [-0.39, 0.29) is 29.6 Å². The standard InChI is InChI=1S/C25H35FN2O3/c1-2-22(20-11-13-21(26)23(16-20)31-17-18-9-10-18)27-15-7-5-3-4-6-8-19-12-14-24(29)28-25(19)30/h4,6,11,13,16,18-19,22,27H,2-3,5,7-10,12,14-15,17H2,1H3,(H,28,29,30)/b6-4+/t19?,22-/m1/s1. The van der Waals surface area contributed by atoms with Crippen LogP contribution in [0.25, 0.3) is 0 Å². The third-order valence-electron chi connectivity index (χ3n) is 6.07. The SMILES string of the molecule is CC[C@@H](NCCCC/C=C/CC1CCC(=O)NC1=O)c1ccc(F)c(OCC2CC2)c1. The van der Waals surface area contributed by atoms with Gasteiger partial charge in [0.05, 0.1) is 6.61 Å². The van der Waals surface area contributed by atoms with Crippen molar-refractivity contribution >= 4 is 11.8 Å². The molecule has 1 aromatic rings. The molecule has 5 nitrogen and oxygen atoms in total. The number of halogens is 1. The van der Waals surface area contributed by atoms with Crippen molar-refractivity contribution in [2.75, 3.05) is 13.2 Å². The number of allylic oxidation sites excluding steroid dienone is 2. The molecule has 170 valence electrons. The lowest BCUT2D eigenvalue weighted by Gasteiger charge is -2.19. The van der Waals surface area contributed by atoms with Crippen molar-refractivity contribution in [3.05, 3.63) is 41.7 Å². The fourth-order valence-electron chi connectivity index (χ4n) is 3.84. The average molecular weight is 431 g/mol. The van der Waals surface area contributed by atoms with E-state index in [1.165, 1.54) is 18.9 Å². The van der Waals surface area contributed by atoms with E-state index in [2.05, 4.69) is 29.7 Å². The third kappa shape index (κ3) is 7.76. The van der Waals surface area contributed by atoms with Gasteiger partial charge in [0.2, 0.25) is 11.8 Å². The molecule has 3 rings (SSSR count). The molecule has 2 atom stereocenters. The minimum absolute atomic E-state index is 0.0743.